The second-order valence-corrected chi connectivity index (χ2v) is 4.84. The summed E-state index contributed by atoms with van der Waals surface area (Å²) in [6.45, 7) is 0. The van der Waals surface area contributed by atoms with E-state index in [1.165, 1.54) is 5.56 Å². The monoisotopic (exact) mass is 261 g/mol. The highest BCUT2D eigenvalue weighted by Gasteiger charge is 2.24. The third-order valence-electron chi connectivity index (χ3n) is 3.75. The van der Waals surface area contributed by atoms with Crippen molar-refractivity contribution in [1.82, 2.24) is 0 Å². The molecule has 0 fully saturated rings. The molecule has 3 nitrogen and oxygen atoms in total. The van der Waals surface area contributed by atoms with Gasteiger partial charge in [-0.05, 0) is 23.7 Å². The Morgan fingerprint density at radius 1 is 1.00 bits per heavy atom. The van der Waals surface area contributed by atoms with E-state index in [1.54, 1.807) is 6.07 Å². The van der Waals surface area contributed by atoms with Crippen molar-refractivity contribution in [2.24, 2.45) is 5.18 Å². The van der Waals surface area contributed by atoms with Crippen molar-refractivity contribution in [2.75, 3.05) is 0 Å². The van der Waals surface area contributed by atoms with Crippen molar-refractivity contribution in [2.45, 2.75) is 6.42 Å². The molecular formula is C17H11NO2. The summed E-state index contributed by atoms with van der Waals surface area (Å²) in [6.07, 6.45) is 2.93. The van der Waals surface area contributed by atoms with Gasteiger partial charge in [-0.1, -0.05) is 42.5 Å². The Morgan fingerprint density at radius 2 is 1.80 bits per heavy atom. The molecule has 1 aromatic heterocycles. The van der Waals surface area contributed by atoms with Gasteiger partial charge in [-0.2, -0.15) is 0 Å². The summed E-state index contributed by atoms with van der Waals surface area (Å²) in [6, 6.07) is 15.4. The lowest BCUT2D eigenvalue weighted by Crippen LogP contribution is -1.84. The molecule has 96 valence electrons. The Morgan fingerprint density at radius 3 is 2.70 bits per heavy atom. The molecule has 0 saturated heterocycles. The van der Waals surface area contributed by atoms with E-state index in [-0.39, 0.29) is 0 Å². The largest absolute Gasteiger partial charge is 0.456 e. The molecule has 0 radical (unpaired) electrons. The van der Waals surface area contributed by atoms with Crippen LogP contribution in [0.25, 0.3) is 16.5 Å². The molecule has 3 heteroatoms. The molecule has 0 spiro atoms. The van der Waals surface area contributed by atoms with Crippen molar-refractivity contribution in [1.29, 1.82) is 0 Å². The van der Waals surface area contributed by atoms with E-state index in [0.29, 0.717) is 5.69 Å². The van der Waals surface area contributed by atoms with Crippen LogP contribution < -0.4 is 0 Å². The molecule has 4 rings (SSSR count). The summed E-state index contributed by atoms with van der Waals surface area (Å²) < 4.78 is 5.97. The van der Waals surface area contributed by atoms with Crippen LogP contribution in [0.3, 0.4) is 0 Å². The molecule has 0 atom stereocenters. The van der Waals surface area contributed by atoms with E-state index < -0.39 is 0 Å². The molecule has 20 heavy (non-hydrogen) atoms. The summed E-state index contributed by atoms with van der Waals surface area (Å²) in [5.41, 5.74) is 4.33. The number of fused-ring (bicyclic) bond motifs is 3. The molecule has 2 aromatic carbocycles. The molecule has 0 bridgehead atoms. The smallest absolute Gasteiger partial charge is 0.139 e. The van der Waals surface area contributed by atoms with Gasteiger partial charge in [0.25, 0.3) is 0 Å². The van der Waals surface area contributed by atoms with Crippen LogP contribution in [0.5, 0.6) is 0 Å². The summed E-state index contributed by atoms with van der Waals surface area (Å²) >= 11 is 0. The van der Waals surface area contributed by atoms with Gasteiger partial charge in [0.1, 0.15) is 17.0 Å². The number of benzene rings is 2. The van der Waals surface area contributed by atoms with Crippen LogP contribution in [0.4, 0.5) is 5.69 Å². The van der Waals surface area contributed by atoms with Crippen LogP contribution in [-0.2, 0) is 6.42 Å². The zero-order valence-corrected chi connectivity index (χ0v) is 10.7. The minimum atomic E-state index is 0.451. The summed E-state index contributed by atoms with van der Waals surface area (Å²) in [4.78, 5) is 11.0. The topological polar surface area (TPSA) is 42.6 Å². The number of nitroso groups, excluding NO2 is 1. The average Bonchev–Trinajstić information content (AvgIpc) is 3.06. The van der Waals surface area contributed by atoms with Gasteiger partial charge in [-0.15, -0.1) is 4.91 Å². The van der Waals surface area contributed by atoms with E-state index in [2.05, 4.69) is 17.3 Å². The van der Waals surface area contributed by atoms with Crippen LogP contribution in [0.2, 0.25) is 0 Å². The number of hydrogen-bond acceptors (Lipinski definition) is 3. The van der Waals surface area contributed by atoms with Crippen LogP contribution >= 0.6 is 0 Å². The molecule has 1 aliphatic carbocycles. The number of allylic oxidation sites excluding steroid dienone is 1. The normalized spacial score (nSPS) is 13.3. The molecule has 0 aliphatic heterocycles. The lowest BCUT2D eigenvalue weighted by atomic mass is 10.0. The van der Waals surface area contributed by atoms with Gasteiger partial charge in [0.2, 0.25) is 0 Å². The van der Waals surface area contributed by atoms with Gasteiger partial charge in [0.15, 0.2) is 0 Å². The number of hydrogen-bond donors (Lipinski definition) is 0. The van der Waals surface area contributed by atoms with Crippen molar-refractivity contribution in [3.05, 3.63) is 76.4 Å². The Labute approximate surface area is 115 Å². The predicted molar refractivity (Wildman–Crippen MR) is 78.9 cm³/mol. The maximum Gasteiger partial charge on any atom is 0.139 e. The van der Waals surface area contributed by atoms with Crippen LogP contribution in [0.15, 0.2) is 64.2 Å². The lowest BCUT2D eigenvalue weighted by Gasteiger charge is -2.03. The molecule has 1 aliphatic rings. The van der Waals surface area contributed by atoms with Crippen LogP contribution in [-0.4, -0.2) is 0 Å². The number of furan rings is 1. The standard InChI is InChI=1S/C17H11NO2/c19-18-15-7-3-1-5-11(15)13-9-10-14-12-6-2-4-8-16(12)20-17(13)14/h1-9H,10H2. The van der Waals surface area contributed by atoms with Gasteiger partial charge < -0.3 is 4.42 Å². The fourth-order valence-electron chi connectivity index (χ4n) is 2.83. The Hall–Kier alpha value is -2.68. The van der Waals surface area contributed by atoms with Crippen molar-refractivity contribution >= 4 is 22.2 Å². The highest BCUT2D eigenvalue weighted by atomic mass is 16.3. The van der Waals surface area contributed by atoms with Crippen molar-refractivity contribution < 1.29 is 4.42 Å². The zero-order chi connectivity index (χ0) is 13.5. The second-order valence-electron chi connectivity index (χ2n) is 4.84. The van der Waals surface area contributed by atoms with Crippen LogP contribution in [0, 0.1) is 4.91 Å². The molecule has 0 amide bonds. The van der Waals surface area contributed by atoms with Gasteiger partial charge in [0, 0.05) is 22.1 Å². The number of rotatable bonds is 2. The summed E-state index contributed by atoms with van der Waals surface area (Å²) in [5.74, 6) is 0.863. The van der Waals surface area contributed by atoms with E-state index in [0.717, 1.165) is 34.3 Å². The molecule has 0 unspecified atom stereocenters. The van der Waals surface area contributed by atoms with Gasteiger partial charge in [0.05, 0.1) is 0 Å². The van der Waals surface area contributed by atoms with E-state index in [4.69, 9.17) is 4.42 Å². The first-order valence-electron chi connectivity index (χ1n) is 6.52. The fraction of sp³-hybridized carbons (Fsp3) is 0.0588. The molecular weight excluding hydrogens is 250 g/mol. The van der Waals surface area contributed by atoms with Gasteiger partial charge >= 0.3 is 0 Å². The minimum Gasteiger partial charge on any atom is -0.456 e. The first-order valence-corrected chi connectivity index (χ1v) is 6.52. The minimum absolute atomic E-state index is 0.451. The predicted octanol–water partition coefficient (Wildman–Crippen LogP) is 4.82. The van der Waals surface area contributed by atoms with Gasteiger partial charge in [-0.3, -0.25) is 0 Å². The Balaban J connectivity index is 1.94. The third-order valence-corrected chi connectivity index (χ3v) is 3.75. The fourth-order valence-corrected chi connectivity index (χ4v) is 2.83. The van der Waals surface area contributed by atoms with E-state index in [9.17, 15) is 4.91 Å². The SMILES string of the molecule is O=Nc1ccccc1C1=CCc2c1oc1ccccc21. The van der Waals surface area contributed by atoms with E-state index in [1.807, 2.05) is 36.4 Å². The summed E-state index contributed by atoms with van der Waals surface area (Å²) in [5, 5.41) is 4.25. The number of para-hydroxylation sites is 1. The lowest BCUT2D eigenvalue weighted by molar-refractivity contribution is 0.599. The van der Waals surface area contributed by atoms with Crippen molar-refractivity contribution in [3.8, 4) is 0 Å². The van der Waals surface area contributed by atoms with Gasteiger partial charge in [-0.25, -0.2) is 0 Å². The Bertz CT molecular complexity index is 858. The quantitative estimate of drug-likeness (QED) is 0.621. The molecule has 1 heterocycles. The maximum atomic E-state index is 11.0. The highest BCUT2D eigenvalue weighted by Crippen LogP contribution is 2.41. The molecule has 0 saturated carbocycles. The zero-order valence-electron chi connectivity index (χ0n) is 10.7. The highest BCUT2D eigenvalue weighted by molar-refractivity contribution is 5.95. The molecule has 0 N–H and O–H groups in total. The summed E-state index contributed by atoms with van der Waals surface area (Å²) in [7, 11) is 0. The number of nitrogens with zero attached hydrogens (tertiary/aromatic N) is 1. The van der Waals surface area contributed by atoms with Crippen LogP contribution in [0.1, 0.15) is 16.9 Å². The molecule has 3 aromatic rings. The first-order chi connectivity index (χ1) is 9.88. The Kier molecular flexibility index (Phi) is 2.33. The maximum absolute atomic E-state index is 11.0. The third kappa shape index (κ3) is 1.46. The first kappa shape index (κ1) is 11.2. The van der Waals surface area contributed by atoms with Crippen molar-refractivity contribution in [3.63, 3.8) is 0 Å². The second kappa shape index (κ2) is 4.17. The average molecular weight is 261 g/mol. The van der Waals surface area contributed by atoms with E-state index >= 15 is 0 Å².